The van der Waals surface area contributed by atoms with Gasteiger partial charge in [-0.1, -0.05) is 138 Å². The van der Waals surface area contributed by atoms with Crippen LogP contribution in [-0.4, -0.2) is 4.57 Å². The summed E-state index contributed by atoms with van der Waals surface area (Å²) >= 11 is 0. The number of rotatable bonds is 6. The standard InChI is InChI=1S/C58H53N/c1-8-10-17-38(16-9-2)40-25-30-54-47(33-40)48-34-42(26-31-55(48)59(54)44-21-15-20-39-18-12-14-23-51(39)57(4,5)37(3)32-44)41-24-28-52-50(35-41)56-49-36-43-19-11-13-22-45(43)46(49)27-29-53(56)58(52,6)7/h2,11-12,14-15,17-21,23-35H,8,10,13,16,22,36H2,1,3-7H3/b20-15+,37-32+,38-17+,44-21+. The highest BCUT2D eigenvalue weighted by Gasteiger charge is 2.39. The normalized spacial score (nSPS) is 19.6. The summed E-state index contributed by atoms with van der Waals surface area (Å²) in [4.78, 5) is 0. The zero-order valence-electron chi connectivity index (χ0n) is 35.5. The van der Waals surface area contributed by atoms with E-state index in [0.717, 1.165) is 37.8 Å². The molecule has 1 heterocycles. The van der Waals surface area contributed by atoms with Crippen molar-refractivity contribution in [1.82, 2.24) is 4.57 Å². The van der Waals surface area contributed by atoms with E-state index in [1.54, 1.807) is 5.57 Å². The zero-order chi connectivity index (χ0) is 40.6. The van der Waals surface area contributed by atoms with Crippen molar-refractivity contribution >= 4 is 44.7 Å². The maximum atomic E-state index is 5.96. The van der Waals surface area contributed by atoms with Gasteiger partial charge in [0.05, 0.1) is 11.0 Å². The molecule has 0 bridgehead atoms. The number of aromatic nitrogens is 1. The van der Waals surface area contributed by atoms with Gasteiger partial charge in [0, 0.05) is 33.7 Å². The van der Waals surface area contributed by atoms with Crippen LogP contribution in [0.3, 0.4) is 0 Å². The van der Waals surface area contributed by atoms with Crippen LogP contribution < -0.4 is 0 Å². The van der Waals surface area contributed by atoms with Gasteiger partial charge in [0.15, 0.2) is 0 Å². The van der Waals surface area contributed by atoms with Crippen LogP contribution in [0.15, 0.2) is 139 Å². The number of unbranched alkanes of at least 4 members (excludes halogenated alkanes) is 1. The number of terminal acetylenes is 1. The van der Waals surface area contributed by atoms with Gasteiger partial charge in [-0.05, 0) is 153 Å². The number of hydrogen-bond donors (Lipinski definition) is 0. The van der Waals surface area contributed by atoms with Crippen molar-refractivity contribution in [1.29, 1.82) is 0 Å². The highest BCUT2D eigenvalue weighted by Crippen LogP contribution is 2.55. The van der Waals surface area contributed by atoms with E-state index >= 15 is 0 Å². The summed E-state index contributed by atoms with van der Waals surface area (Å²) in [6.07, 6.45) is 28.3. The molecule has 4 aliphatic carbocycles. The largest absolute Gasteiger partial charge is 0.309 e. The lowest BCUT2D eigenvalue weighted by atomic mass is 9.76. The lowest BCUT2D eigenvalue weighted by Gasteiger charge is -2.29. The monoisotopic (exact) mass is 763 g/mol. The zero-order valence-corrected chi connectivity index (χ0v) is 35.5. The lowest BCUT2D eigenvalue weighted by molar-refractivity contribution is 0.622. The fraction of sp³-hybridized carbons (Fsp3) is 0.241. The van der Waals surface area contributed by atoms with Crippen LogP contribution in [0.5, 0.6) is 0 Å². The molecule has 0 amide bonds. The molecule has 290 valence electrons. The third kappa shape index (κ3) is 5.83. The van der Waals surface area contributed by atoms with Crippen LogP contribution in [0.2, 0.25) is 0 Å². The second kappa shape index (κ2) is 14.0. The molecule has 1 nitrogen and oxygen atoms in total. The Labute approximate surface area is 350 Å². The van der Waals surface area contributed by atoms with Crippen molar-refractivity contribution in [3.8, 4) is 34.6 Å². The Morgan fingerprint density at radius 1 is 0.797 bits per heavy atom. The Morgan fingerprint density at radius 3 is 2.39 bits per heavy atom. The van der Waals surface area contributed by atoms with Crippen molar-refractivity contribution in [3.05, 3.63) is 178 Å². The minimum absolute atomic E-state index is 0.0491. The molecular weight excluding hydrogens is 711 g/mol. The summed E-state index contributed by atoms with van der Waals surface area (Å²) in [6, 6.07) is 35.1. The smallest absolute Gasteiger partial charge is 0.0541 e. The quantitative estimate of drug-likeness (QED) is 0.149. The molecule has 0 atom stereocenters. The SMILES string of the molecule is C#CC/C(=C\CCC)c1ccc2c(c1)c1cc(-c3ccc4c(c3)-c3c(ccc5c3CC3=C5CCC=C3)C4(C)C)ccc1n2C1=C/C=C/c2ccccc2C(C)(C)\C(C)=C\1. The maximum Gasteiger partial charge on any atom is 0.0541 e. The highest BCUT2D eigenvalue weighted by atomic mass is 15.0. The molecule has 1 heteroatoms. The van der Waals surface area contributed by atoms with Gasteiger partial charge in [0.2, 0.25) is 0 Å². The fourth-order valence-corrected chi connectivity index (χ4v) is 10.6. The molecule has 4 aliphatic rings. The Kier molecular flexibility index (Phi) is 8.84. The number of fused-ring (bicyclic) bond motifs is 10. The molecule has 0 N–H and O–H groups in total. The van der Waals surface area contributed by atoms with Gasteiger partial charge in [-0.15, -0.1) is 12.3 Å². The molecule has 10 rings (SSSR count). The topological polar surface area (TPSA) is 4.93 Å². The maximum absolute atomic E-state index is 5.96. The summed E-state index contributed by atoms with van der Waals surface area (Å²) in [5.74, 6) is 2.95. The van der Waals surface area contributed by atoms with E-state index in [0.29, 0.717) is 6.42 Å². The molecule has 0 unspecified atom stereocenters. The number of benzene rings is 5. The third-order valence-corrected chi connectivity index (χ3v) is 14.1. The van der Waals surface area contributed by atoms with E-state index in [-0.39, 0.29) is 10.8 Å². The van der Waals surface area contributed by atoms with E-state index < -0.39 is 0 Å². The fourth-order valence-electron chi connectivity index (χ4n) is 10.6. The molecule has 0 saturated carbocycles. The van der Waals surface area contributed by atoms with E-state index in [9.17, 15) is 0 Å². The second-order valence-corrected chi connectivity index (χ2v) is 18.2. The van der Waals surface area contributed by atoms with Crippen LogP contribution >= 0.6 is 0 Å². The van der Waals surface area contributed by atoms with Crippen LogP contribution in [-0.2, 0) is 17.3 Å². The average Bonchev–Trinajstić information content (AvgIpc) is 3.87. The van der Waals surface area contributed by atoms with E-state index in [2.05, 4.69) is 186 Å². The molecule has 0 aliphatic heterocycles. The van der Waals surface area contributed by atoms with Crippen molar-refractivity contribution in [2.45, 2.75) is 90.9 Å². The van der Waals surface area contributed by atoms with Crippen molar-refractivity contribution < 1.29 is 0 Å². The molecule has 0 radical (unpaired) electrons. The molecule has 0 spiro atoms. The molecule has 5 aromatic carbocycles. The van der Waals surface area contributed by atoms with Gasteiger partial charge in [-0.2, -0.15) is 0 Å². The summed E-state index contributed by atoms with van der Waals surface area (Å²) in [6.45, 7) is 14.0. The van der Waals surface area contributed by atoms with E-state index in [1.165, 1.54) is 99.7 Å². The average molecular weight is 764 g/mol. The minimum atomic E-state index is -0.148. The van der Waals surface area contributed by atoms with Gasteiger partial charge >= 0.3 is 0 Å². The summed E-state index contributed by atoms with van der Waals surface area (Å²) in [5, 5.41) is 2.49. The Morgan fingerprint density at radius 2 is 1.56 bits per heavy atom. The lowest BCUT2D eigenvalue weighted by Crippen LogP contribution is -2.20. The first-order chi connectivity index (χ1) is 28.6. The summed E-state index contributed by atoms with van der Waals surface area (Å²) < 4.78 is 2.47. The molecule has 0 saturated heterocycles. The highest BCUT2D eigenvalue weighted by molar-refractivity contribution is 6.12. The van der Waals surface area contributed by atoms with Crippen molar-refractivity contribution in [2.24, 2.45) is 0 Å². The summed E-state index contributed by atoms with van der Waals surface area (Å²) in [5.41, 5.74) is 24.1. The number of allylic oxidation sites excluding steroid dienone is 11. The van der Waals surface area contributed by atoms with Crippen LogP contribution in [0.1, 0.15) is 113 Å². The number of hydrogen-bond acceptors (Lipinski definition) is 0. The molecule has 0 fully saturated rings. The molecule has 1 aromatic heterocycles. The second-order valence-electron chi connectivity index (χ2n) is 18.2. The van der Waals surface area contributed by atoms with E-state index in [1.807, 2.05) is 0 Å². The Hall–Kier alpha value is -6.10. The van der Waals surface area contributed by atoms with Crippen LogP contribution in [0, 0.1) is 12.3 Å². The molecule has 59 heavy (non-hydrogen) atoms. The first-order valence-electron chi connectivity index (χ1n) is 21.7. The van der Waals surface area contributed by atoms with Crippen molar-refractivity contribution in [3.63, 3.8) is 0 Å². The van der Waals surface area contributed by atoms with Gasteiger partial charge in [-0.3, -0.25) is 0 Å². The molecule has 6 aromatic rings. The van der Waals surface area contributed by atoms with Gasteiger partial charge < -0.3 is 4.57 Å². The van der Waals surface area contributed by atoms with E-state index in [4.69, 9.17) is 6.42 Å². The predicted molar refractivity (Wildman–Crippen MR) is 254 cm³/mol. The van der Waals surface area contributed by atoms with Gasteiger partial charge in [0.25, 0.3) is 0 Å². The first kappa shape index (κ1) is 37.2. The van der Waals surface area contributed by atoms with Crippen LogP contribution in [0.25, 0.3) is 67.0 Å². The van der Waals surface area contributed by atoms with Gasteiger partial charge in [-0.25, -0.2) is 0 Å². The molecular formula is C58H53N. The minimum Gasteiger partial charge on any atom is -0.309 e. The Balaban J connectivity index is 1.17. The Bertz CT molecular complexity index is 3000. The number of nitrogens with zero attached hydrogens (tertiary/aromatic N) is 1. The van der Waals surface area contributed by atoms with Crippen LogP contribution in [0.4, 0.5) is 0 Å². The predicted octanol–water partition coefficient (Wildman–Crippen LogP) is 15.4. The van der Waals surface area contributed by atoms with Gasteiger partial charge in [0.1, 0.15) is 0 Å². The summed E-state index contributed by atoms with van der Waals surface area (Å²) in [7, 11) is 0. The van der Waals surface area contributed by atoms with Crippen molar-refractivity contribution in [2.75, 3.05) is 0 Å². The third-order valence-electron chi connectivity index (χ3n) is 14.1. The first-order valence-corrected chi connectivity index (χ1v) is 21.7.